The first kappa shape index (κ1) is 14.2. The molecule has 3 heterocycles. The van der Waals surface area contributed by atoms with Crippen LogP contribution < -0.4 is 5.43 Å². The lowest BCUT2D eigenvalue weighted by Crippen LogP contribution is -2.47. The van der Waals surface area contributed by atoms with Gasteiger partial charge in [-0.25, -0.2) is 19.8 Å². The SMILES string of the molecule is Cc1c(C(=O)O)sc2ncnc(NN3CCN(C)CC3)c12. The average molecular weight is 307 g/mol. The number of carboxylic acid groups (broad SMARTS) is 1. The molecule has 21 heavy (non-hydrogen) atoms. The van der Waals surface area contributed by atoms with Crippen LogP contribution in [0.5, 0.6) is 0 Å². The van der Waals surface area contributed by atoms with Gasteiger partial charge in [0.15, 0.2) is 5.82 Å². The number of nitrogens with zero attached hydrogens (tertiary/aromatic N) is 4. The van der Waals surface area contributed by atoms with Gasteiger partial charge < -0.3 is 15.4 Å². The number of fused-ring (bicyclic) bond motifs is 1. The fraction of sp³-hybridized carbons (Fsp3) is 0.462. The molecule has 0 spiro atoms. The van der Waals surface area contributed by atoms with Gasteiger partial charge in [-0.1, -0.05) is 0 Å². The summed E-state index contributed by atoms with van der Waals surface area (Å²) in [7, 11) is 2.10. The van der Waals surface area contributed by atoms with E-state index in [-0.39, 0.29) is 0 Å². The molecule has 0 amide bonds. The molecule has 0 unspecified atom stereocenters. The number of hydrogen-bond acceptors (Lipinski definition) is 7. The molecule has 3 rings (SSSR count). The molecular weight excluding hydrogens is 290 g/mol. The minimum Gasteiger partial charge on any atom is -0.477 e. The Bertz CT molecular complexity index is 678. The standard InChI is InChI=1S/C13H17N5O2S/c1-8-9-11(16-18-5-3-17(2)4-6-18)14-7-15-12(9)21-10(8)13(19)20/h7H,3-6H2,1-2H3,(H,19,20)(H,14,15,16). The number of carboxylic acids is 1. The van der Waals surface area contributed by atoms with Gasteiger partial charge in [0.2, 0.25) is 0 Å². The first-order valence-electron chi connectivity index (χ1n) is 6.74. The largest absolute Gasteiger partial charge is 0.477 e. The number of aromatic carboxylic acids is 1. The second-order valence-electron chi connectivity index (χ2n) is 5.17. The van der Waals surface area contributed by atoms with Crippen molar-refractivity contribution in [1.29, 1.82) is 0 Å². The molecule has 0 aromatic carbocycles. The number of carbonyl (C=O) groups is 1. The molecule has 0 bridgehead atoms. The molecule has 8 heteroatoms. The summed E-state index contributed by atoms with van der Waals surface area (Å²) in [5, 5.41) is 12.1. The summed E-state index contributed by atoms with van der Waals surface area (Å²) in [6, 6.07) is 0. The third-order valence-electron chi connectivity index (χ3n) is 3.69. The maximum Gasteiger partial charge on any atom is 0.346 e. The Hall–Kier alpha value is -1.77. The normalized spacial score (nSPS) is 17.2. The fourth-order valence-corrected chi connectivity index (χ4v) is 3.42. The molecular formula is C13H17N5O2S. The zero-order chi connectivity index (χ0) is 15.0. The highest BCUT2D eigenvalue weighted by Crippen LogP contribution is 2.33. The first-order chi connectivity index (χ1) is 10.1. The molecule has 7 nitrogen and oxygen atoms in total. The Kier molecular flexibility index (Phi) is 3.75. The number of anilines is 1. The number of piperazine rings is 1. The molecule has 1 saturated heterocycles. The molecule has 1 aliphatic rings. The van der Waals surface area contributed by atoms with E-state index >= 15 is 0 Å². The number of likely N-dealkylation sites (N-methyl/N-ethyl adjacent to an activating group) is 1. The van der Waals surface area contributed by atoms with Crippen LogP contribution in [-0.2, 0) is 0 Å². The van der Waals surface area contributed by atoms with Crippen molar-refractivity contribution >= 4 is 33.3 Å². The van der Waals surface area contributed by atoms with Gasteiger partial charge in [0.05, 0.1) is 5.39 Å². The molecule has 0 atom stereocenters. The number of nitrogens with one attached hydrogen (secondary N) is 1. The van der Waals surface area contributed by atoms with Crippen LogP contribution >= 0.6 is 11.3 Å². The van der Waals surface area contributed by atoms with Crippen molar-refractivity contribution in [1.82, 2.24) is 19.9 Å². The van der Waals surface area contributed by atoms with E-state index in [1.807, 2.05) is 0 Å². The van der Waals surface area contributed by atoms with E-state index in [1.165, 1.54) is 17.7 Å². The van der Waals surface area contributed by atoms with Crippen molar-refractivity contribution in [2.45, 2.75) is 6.92 Å². The Morgan fingerprint density at radius 1 is 1.33 bits per heavy atom. The van der Waals surface area contributed by atoms with Crippen LogP contribution in [0, 0.1) is 6.92 Å². The summed E-state index contributed by atoms with van der Waals surface area (Å²) in [6.07, 6.45) is 1.47. The van der Waals surface area contributed by atoms with Crippen molar-refractivity contribution in [2.75, 3.05) is 38.7 Å². The number of aromatic nitrogens is 2. The molecule has 0 aliphatic carbocycles. The maximum absolute atomic E-state index is 11.3. The van der Waals surface area contributed by atoms with Gasteiger partial charge in [-0.2, -0.15) is 0 Å². The van der Waals surface area contributed by atoms with Crippen molar-refractivity contribution < 1.29 is 9.90 Å². The summed E-state index contributed by atoms with van der Waals surface area (Å²) in [4.78, 5) is 23.0. The number of rotatable bonds is 3. The molecule has 1 fully saturated rings. The smallest absolute Gasteiger partial charge is 0.346 e. The number of hydrogen-bond donors (Lipinski definition) is 2. The van der Waals surface area contributed by atoms with E-state index in [2.05, 4.69) is 32.4 Å². The number of aryl methyl sites for hydroxylation is 1. The highest BCUT2D eigenvalue weighted by molar-refractivity contribution is 7.20. The lowest BCUT2D eigenvalue weighted by Gasteiger charge is -2.32. The molecule has 2 aromatic heterocycles. The molecule has 112 valence electrons. The zero-order valence-corrected chi connectivity index (χ0v) is 12.8. The van der Waals surface area contributed by atoms with Crippen LogP contribution in [0.2, 0.25) is 0 Å². The van der Waals surface area contributed by atoms with Gasteiger partial charge in [0.25, 0.3) is 0 Å². The van der Waals surface area contributed by atoms with Crippen LogP contribution in [0.4, 0.5) is 5.82 Å². The second-order valence-corrected chi connectivity index (χ2v) is 6.16. The molecule has 0 saturated carbocycles. The number of hydrazine groups is 1. The summed E-state index contributed by atoms with van der Waals surface area (Å²) >= 11 is 1.19. The van der Waals surface area contributed by atoms with Crippen molar-refractivity contribution in [2.24, 2.45) is 0 Å². The van der Waals surface area contributed by atoms with E-state index in [4.69, 9.17) is 0 Å². The van der Waals surface area contributed by atoms with Gasteiger partial charge in [-0.05, 0) is 19.5 Å². The van der Waals surface area contributed by atoms with Gasteiger partial charge in [-0.3, -0.25) is 0 Å². The van der Waals surface area contributed by atoms with Gasteiger partial charge >= 0.3 is 5.97 Å². The van der Waals surface area contributed by atoms with E-state index < -0.39 is 5.97 Å². The quantitative estimate of drug-likeness (QED) is 0.883. The van der Waals surface area contributed by atoms with E-state index in [9.17, 15) is 9.90 Å². The predicted molar refractivity (Wildman–Crippen MR) is 81.8 cm³/mol. The van der Waals surface area contributed by atoms with Crippen molar-refractivity contribution in [3.8, 4) is 0 Å². The predicted octanol–water partition coefficient (Wildman–Crippen LogP) is 1.27. The molecule has 1 aliphatic heterocycles. The van der Waals surface area contributed by atoms with E-state index in [1.54, 1.807) is 6.92 Å². The lowest BCUT2D eigenvalue weighted by molar-refractivity contribution is 0.0701. The summed E-state index contributed by atoms with van der Waals surface area (Å²) in [6.45, 7) is 5.59. The third-order valence-corrected chi connectivity index (χ3v) is 4.88. The van der Waals surface area contributed by atoms with Crippen LogP contribution in [0.15, 0.2) is 6.33 Å². The first-order valence-corrected chi connectivity index (χ1v) is 7.55. The highest BCUT2D eigenvalue weighted by atomic mass is 32.1. The minimum atomic E-state index is -0.916. The van der Waals surface area contributed by atoms with Crippen LogP contribution in [-0.4, -0.2) is 64.2 Å². The Morgan fingerprint density at radius 3 is 2.71 bits per heavy atom. The zero-order valence-electron chi connectivity index (χ0n) is 12.0. The fourth-order valence-electron chi connectivity index (χ4n) is 2.43. The summed E-state index contributed by atoms with van der Waals surface area (Å²) in [5.74, 6) is -0.230. The van der Waals surface area contributed by atoms with Crippen molar-refractivity contribution in [3.05, 3.63) is 16.8 Å². The molecule has 2 aromatic rings. The van der Waals surface area contributed by atoms with Crippen LogP contribution in [0.1, 0.15) is 15.2 Å². The summed E-state index contributed by atoms with van der Waals surface area (Å²) < 4.78 is 0. The maximum atomic E-state index is 11.3. The molecule has 2 N–H and O–H groups in total. The Morgan fingerprint density at radius 2 is 2.05 bits per heavy atom. The Labute approximate surface area is 126 Å². The van der Waals surface area contributed by atoms with Crippen LogP contribution in [0.25, 0.3) is 10.2 Å². The topological polar surface area (TPSA) is 81.6 Å². The number of thiophene rings is 1. The third kappa shape index (κ3) is 2.69. The monoisotopic (exact) mass is 307 g/mol. The Balaban J connectivity index is 1.93. The lowest BCUT2D eigenvalue weighted by atomic mass is 10.2. The van der Waals surface area contributed by atoms with Crippen molar-refractivity contribution in [3.63, 3.8) is 0 Å². The van der Waals surface area contributed by atoms with Gasteiger partial charge in [0, 0.05) is 26.2 Å². The van der Waals surface area contributed by atoms with E-state index in [0.717, 1.165) is 37.1 Å². The van der Waals surface area contributed by atoms with Crippen LogP contribution in [0.3, 0.4) is 0 Å². The van der Waals surface area contributed by atoms with E-state index in [0.29, 0.717) is 15.5 Å². The molecule has 0 radical (unpaired) electrons. The average Bonchev–Trinajstić information content (AvgIpc) is 2.80. The minimum absolute atomic E-state index is 0.326. The second kappa shape index (κ2) is 5.55. The summed E-state index contributed by atoms with van der Waals surface area (Å²) in [5.41, 5.74) is 4.03. The van der Waals surface area contributed by atoms with Gasteiger partial charge in [0.1, 0.15) is 16.0 Å². The highest BCUT2D eigenvalue weighted by Gasteiger charge is 2.20. The van der Waals surface area contributed by atoms with Gasteiger partial charge in [-0.15, -0.1) is 11.3 Å².